The molecule has 124 valence electrons. The number of ether oxygens (including phenoxy) is 4. The Morgan fingerprint density at radius 1 is 1.12 bits per heavy atom. The summed E-state index contributed by atoms with van der Waals surface area (Å²) in [7, 11) is 0. The number of fused-ring (bicyclic) bond motifs is 2. The van der Waals surface area contributed by atoms with Gasteiger partial charge in [0.25, 0.3) is 0 Å². The van der Waals surface area contributed by atoms with Crippen molar-refractivity contribution >= 4 is 11.9 Å². The van der Waals surface area contributed by atoms with Crippen molar-refractivity contribution in [2.45, 2.75) is 20.5 Å². The van der Waals surface area contributed by atoms with Crippen molar-refractivity contribution < 1.29 is 28.5 Å². The van der Waals surface area contributed by atoms with E-state index in [2.05, 4.69) is 4.74 Å². The number of hydrogen-bond acceptors (Lipinski definition) is 6. The Labute approximate surface area is 138 Å². The van der Waals surface area contributed by atoms with Crippen LogP contribution in [0.4, 0.5) is 0 Å². The van der Waals surface area contributed by atoms with Crippen LogP contribution in [0, 0.1) is 6.92 Å². The Hall–Kier alpha value is -3.02. The molecule has 0 saturated heterocycles. The highest BCUT2D eigenvalue weighted by atomic mass is 16.6. The van der Waals surface area contributed by atoms with E-state index in [1.165, 1.54) is 6.92 Å². The van der Waals surface area contributed by atoms with Crippen LogP contribution in [0.5, 0.6) is 23.0 Å². The third-order valence-electron chi connectivity index (χ3n) is 3.50. The second-order valence-corrected chi connectivity index (χ2v) is 5.27. The number of benzene rings is 2. The van der Waals surface area contributed by atoms with Gasteiger partial charge in [-0.15, -0.1) is 0 Å². The molecule has 0 N–H and O–H groups in total. The molecule has 1 aliphatic rings. The van der Waals surface area contributed by atoms with Crippen molar-refractivity contribution in [1.82, 2.24) is 0 Å². The molecule has 3 rings (SSSR count). The number of esters is 2. The van der Waals surface area contributed by atoms with Crippen LogP contribution in [0.15, 0.2) is 36.4 Å². The van der Waals surface area contributed by atoms with Crippen LogP contribution in [0.1, 0.15) is 18.1 Å². The minimum atomic E-state index is -0.664. The van der Waals surface area contributed by atoms with Gasteiger partial charge in [-0.25, -0.2) is 4.79 Å². The molecule has 1 aliphatic heterocycles. The Morgan fingerprint density at radius 2 is 1.92 bits per heavy atom. The van der Waals surface area contributed by atoms with E-state index < -0.39 is 18.5 Å². The van der Waals surface area contributed by atoms with Crippen LogP contribution in [0.25, 0.3) is 0 Å². The van der Waals surface area contributed by atoms with E-state index in [1.807, 2.05) is 24.3 Å². The van der Waals surface area contributed by atoms with Gasteiger partial charge in [0.2, 0.25) is 0 Å². The second-order valence-electron chi connectivity index (χ2n) is 5.27. The summed E-state index contributed by atoms with van der Waals surface area (Å²) >= 11 is 0. The van der Waals surface area contributed by atoms with E-state index in [0.717, 1.165) is 5.56 Å². The van der Waals surface area contributed by atoms with Crippen molar-refractivity contribution in [1.29, 1.82) is 0 Å². The summed E-state index contributed by atoms with van der Waals surface area (Å²) in [5.74, 6) is 0.889. The summed E-state index contributed by atoms with van der Waals surface area (Å²) in [6.45, 7) is 2.95. The number of para-hydroxylation sites is 1. The number of carbonyl (C=O) groups is 2. The van der Waals surface area contributed by atoms with E-state index in [1.54, 1.807) is 19.1 Å². The van der Waals surface area contributed by atoms with Gasteiger partial charge in [0.1, 0.15) is 18.1 Å². The molecule has 2 aromatic carbocycles. The first-order valence-corrected chi connectivity index (χ1v) is 7.41. The zero-order chi connectivity index (χ0) is 17.1. The smallest absolute Gasteiger partial charge is 0.349 e. The fourth-order valence-corrected chi connectivity index (χ4v) is 2.30. The van der Waals surface area contributed by atoms with Crippen molar-refractivity contribution in [3.63, 3.8) is 0 Å². The summed E-state index contributed by atoms with van der Waals surface area (Å²) in [6, 6.07) is 10.9. The number of carbonyl (C=O) groups excluding carboxylic acids is 2. The van der Waals surface area contributed by atoms with Gasteiger partial charge in [0, 0.05) is 18.1 Å². The molecule has 0 saturated carbocycles. The lowest BCUT2D eigenvalue weighted by Gasteiger charge is -2.14. The monoisotopic (exact) mass is 328 g/mol. The maximum atomic E-state index is 11.7. The summed E-state index contributed by atoms with van der Waals surface area (Å²) in [5.41, 5.74) is 1.56. The fourth-order valence-electron chi connectivity index (χ4n) is 2.30. The summed E-state index contributed by atoms with van der Waals surface area (Å²) in [5, 5.41) is 0. The predicted octanol–water partition coefficient (Wildman–Crippen LogP) is 3.15. The maximum absolute atomic E-state index is 11.7. The molecule has 0 aliphatic carbocycles. The summed E-state index contributed by atoms with van der Waals surface area (Å²) in [4.78, 5) is 22.5. The highest BCUT2D eigenvalue weighted by molar-refractivity contribution is 5.77. The van der Waals surface area contributed by atoms with E-state index in [4.69, 9.17) is 14.2 Å². The third kappa shape index (κ3) is 3.32. The van der Waals surface area contributed by atoms with Gasteiger partial charge in [-0.05, 0) is 25.1 Å². The molecule has 2 aromatic rings. The van der Waals surface area contributed by atoms with Crippen molar-refractivity contribution in [2.75, 3.05) is 6.61 Å². The van der Waals surface area contributed by atoms with Gasteiger partial charge >= 0.3 is 11.9 Å². The van der Waals surface area contributed by atoms with Gasteiger partial charge in [0.15, 0.2) is 18.1 Å². The molecule has 0 amide bonds. The van der Waals surface area contributed by atoms with E-state index in [-0.39, 0.29) is 0 Å². The third-order valence-corrected chi connectivity index (χ3v) is 3.50. The largest absolute Gasteiger partial charge is 0.485 e. The number of hydrogen-bond donors (Lipinski definition) is 0. The van der Waals surface area contributed by atoms with Crippen LogP contribution in [-0.2, 0) is 20.9 Å². The molecule has 1 heterocycles. The van der Waals surface area contributed by atoms with Gasteiger partial charge in [0.05, 0.1) is 0 Å². The molecule has 0 atom stereocenters. The first-order chi connectivity index (χ1) is 11.5. The fraction of sp³-hybridized carbons (Fsp3) is 0.222. The molecule has 0 bridgehead atoms. The Morgan fingerprint density at radius 3 is 2.71 bits per heavy atom. The molecule has 0 fully saturated rings. The predicted molar refractivity (Wildman–Crippen MR) is 84.3 cm³/mol. The highest BCUT2D eigenvalue weighted by Crippen LogP contribution is 2.43. The Kier molecular flexibility index (Phi) is 4.37. The van der Waals surface area contributed by atoms with Crippen LogP contribution in [0.3, 0.4) is 0 Å². The van der Waals surface area contributed by atoms with Crippen LogP contribution in [0.2, 0.25) is 0 Å². The van der Waals surface area contributed by atoms with Gasteiger partial charge < -0.3 is 18.9 Å². The molecular formula is C18H16O6. The molecule has 6 nitrogen and oxygen atoms in total. The molecule has 6 heteroatoms. The first kappa shape index (κ1) is 15.9. The van der Waals surface area contributed by atoms with Gasteiger partial charge in [-0.1, -0.05) is 18.2 Å². The molecular weight excluding hydrogens is 312 g/mol. The number of rotatable bonds is 3. The quantitative estimate of drug-likeness (QED) is 0.637. The average Bonchev–Trinajstić information content (AvgIpc) is 2.75. The molecule has 0 radical (unpaired) electrons. The zero-order valence-electron chi connectivity index (χ0n) is 13.3. The van der Waals surface area contributed by atoms with Gasteiger partial charge in [-0.2, -0.15) is 0 Å². The summed E-state index contributed by atoms with van der Waals surface area (Å²) in [6.07, 6.45) is 0. The summed E-state index contributed by atoms with van der Waals surface area (Å²) < 4.78 is 21.6. The zero-order valence-corrected chi connectivity index (χ0v) is 13.3. The van der Waals surface area contributed by atoms with Crippen molar-refractivity contribution in [2.24, 2.45) is 0 Å². The van der Waals surface area contributed by atoms with Crippen molar-refractivity contribution in [3.05, 3.63) is 47.5 Å². The minimum Gasteiger partial charge on any atom is -0.485 e. The topological polar surface area (TPSA) is 71.1 Å². The highest BCUT2D eigenvalue weighted by Gasteiger charge is 2.21. The Balaban J connectivity index is 1.85. The van der Waals surface area contributed by atoms with Crippen molar-refractivity contribution in [3.8, 4) is 23.0 Å². The minimum absolute atomic E-state index is 0.328. The Bertz CT molecular complexity index is 796. The lowest BCUT2D eigenvalue weighted by atomic mass is 10.2. The lowest BCUT2D eigenvalue weighted by molar-refractivity contribution is -0.152. The van der Waals surface area contributed by atoms with E-state index >= 15 is 0 Å². The lowest BCUT2D eigenvalue weighted by Crippen LogP contribution is -2.18. The SMILES string of the molecule is CC(=O)OCC(=O)Oc1ccc2c(c1C)Oc1ccccc1CO2. The molecule has 0 aromatic heterocycles. The first-order valence-electron chi connectivity index (χ1n) is 7.41. The maximum Gasteiger partial charge on any atom is 0.349 e. The normalized spacial score (nSPS) is 11.9. The van der Waals surface area contributed by atoms with E-state index in [0.29, 0.717) is 35.2 Å². The second kappa shape index (κ2) is 6.62. The van der Waals surface area contributed by atoms with Gasteiger partial charge in [-0.3, -0.25) is 4.79 Å². The molecule has 0 spiro atoms. The molecule has 0 unspecified atom stereocenters. The molecule has 24 heavy (non-hydrogen) atoms. The van der Waals surface area contributed by atoms with Crippen LogP contribution < -0.4 is 14.2 Å². The standard InChI is InChI=1S/C18H16O6/c1-11-14(23-17(20)10-21-12(2)19)7-8-16-18(11)24-15-6-4-3-5-13(15)9-22-16/h3-8H,9-10H2,1-2H3. The van der Waals surface area contributed by atoms with Crippen LogP contribution >= 0.6 is 0 Å². The van der Waals surface area contributed by atoms with Crippen LogP contribution in [-0.4, -0.2) is 18.5 Å². The van der Waals surface area contributed by atoms with E-state index in [9.17, 15) is 9.59 Å². The average molecular weight is 328 g/mol.